The summed E-state index contributed by atoms with van der Waals surface area (Å²) in [4.78, 5) is 4.32. The van der Waals surface area contributed by atoms with E-state index >= 15 is 0 Å². The number of hydrogen-bond donors (Lipinski definition) is 1. The fraction of sp³-hybridized carbons (Fsp3) is 0.706. The molecule has 1 unspecified atom stereocenters. The molecule has 1 aliphatic rings. The van der Waals surface area contributed by atoms with Crippen molar-refractivity contribution in [3.63, 3.8) is 0 Å². The van der Waals surface area contributed by atoms with Crippen molar-refractivity contribution in [3.05, 3.63) is 24.0 Å². The van der Waals surface area contributed by atoms with Crippen LogP contribution in [0.25, 0.3) is 0 Å². The third-order valence-corrected chi connectivity index (χ3v) is 4.60. The molecule has 2 rings (SSSR count). The normalized spacial score (nSPS) is 24.4. The van der Waals surface area contributed by atoms with Gasteiger partial charge < -0.3 is 9.84 Å². The Kier molecular flexibility index (Phi) is 5.84. The molecule has 1 N–H and O–H groups in total. The van der Waals surface area contributed by atoms with Gasteiger partial charge in [-0.2, -0.15) is 0 Å². The molecule has 1 aliphatic carbocycles. The Morgan fingerprint density at radius 2 is 2.10 bits per heavy atom. The van der Waals surface area contributed by atoms with Gasteiger partial charge in [0.25, 0.3) is 0 Å². The predicted molar refractivity (Wildman–Crippen MR) is 80.7 cm³/mol. The van der Waals surface area contributed by atoms with Crippen LogP contribution >= 0.6 is 0 Å². The fourth-order valence-corrected chi connectivity index (χ4v) is 3.31. The summed E-state index contributed by atoms with van der Waals surface area (Å²) < 4.78 is 5.31. The number of ether oxygens (including phenoxy) is 1. The Hall–Kier alpha value is -1.09. The van der Waals surface area contributed by atoms with E-state index in [0.717, 1.165) is 18.8 Å². The van der Waals surface area contributed by atoms with E-state index in [9.17, 15) is 5.11 Å². The van der Waals surface area contributed by atoms with Gasteiger partial charge in [0.1, 0.15) is 17.5 Å². The lowest BCUT2D eigenvalue weighted by Crippen LogP contribution is -2.21. The van der Waals surface area contributed by atoms with Crippen LogP contribution < -0.4 is 4.74 Å². The van der Waals surface area contributed by atoms with Crippen molar-refractivity contribution >= 4 is 0 Å². The van der Waals surface area contributed by atoms with Crippen molar-refractivity contribution in [2.24, 2.45) is 11.8 Å². The molecule has 3 heteroatoms. The second-order valence-corrected chi connectivity index (χ2v) is 5.96. The van der Waals surface area contributed by atoms with Crippen LogP contribution in [0.3, 0.4) is 0 Å². The zero-order valence-electron chi connectivity index (χ0n) is 12.7. The minimum absolute atomic E-state index is 0.330. The maximum atomic E-state index is 10.6. The first kappa shape index (κ1) is 15.3. The van der Waals surface area contributed by atoms with Gasteiger partial charge >= 0.3 is 0 Å². The number of nitrogens with zero attached hydrogens (tertiary/aromatic N) is 1. The average Bonchev–Trinajstić information content (AvgIpc) is 2.52. The van der Waals surface area contributed by atoms with E-state index in [1.165, 1.54) is 32.1 Å². The van der Waals surface area contributed by atoms with Gasteiger partial charge in [0.15, 0.2) is 0 Å². The summed E-state index contributed by atoms with van der Waals surface area (Å²) in [6, 6.07) is 3.72. The van der Waals surface area contributed by atoms with E-state index in [1.807, 2.05) is 12.1 Å². The van der Waals surface area contributed by atoms with Crippen molar-refractivity contribution in [2.75, 3.05) is 7.11 Å². The zero-order chi connectivity index (χ0) is 14.4. The number of aliphatic hydroxyl groups is 1. The van der Waals surface area contributed by atoms with Crippen molar-refractivity contribution in [1.82, 2.24) is 4.98 Å². The summed E-state index contributed by atoms with van der Waals surface area (Å²) in [5.41, 5.74) is 0.701. The van der Waals surface area contributed by atoms with E-state index in [2.05, 4.69) is 11.9 Å². The molecule has 20 heavy (non-hydrogen) atoms. The van der Waals surface area contributed by atoms with Gasteiger partial charge in [0, 0.05) is 6.20 Å². The van der Waals surface area contributed by atoms with Crippen molar-refractivity contribution in [3.8, 4) is 5.75 Å². The molecule has 1 aromatic rings. The van der Waals surface area contributed by atoms with Crippen LogP contribution in [0, 0.1) is 11.8 Å². The van der Waals surface area contributed by atoms with E-state index < -0.39 is 6.10 Å². The molecule has 1 heterocycles. The average molecular weight is 277 g/mol. The van der Waals surface area contributed by atoms with Crippen LogP contribution in [-0.4, -0.2) is 17.2 Å². The van der Waals surface area contributed by atoms with Crippen LogP contribution in [0.1, 0.15) is 63.7 Å². The molecule has 112 valence electrons. The first-order valence-corrected chi connectivity index (χ1v) is 7.93. The molecule has 0 spiro atoms. The highest BCUT2D eigenvalue weighted by molar-refractivity contribution is 5.28. The van der Waals surface area contributed by atoms with Gasteiger partial charge in [-0.05, 0) is 36.8 Å². The molecule has 0 saturated heterocycles. The number of aliphatic hydroxyl groups excluding tert-OH is 1. The van der Waals surface area contributed by atoms with Crippen LogP contribution in [0.5, 0.6) is 5.75 Å². The maximum Gasteiger partial charge on any atom is 0.143 e. The highest BCUT2D eigenvalue weighted by Crippen LogP contribution is 2.39. The summed E-state index contributed by atoms with van der Waals surface area (Å²) in [5, 5.41) is 10.6. The molecule has 0 aliphatic heterocycles. The summed E-state index contributed by atoms with van der Waals surface area (Å²) in [6.07, 6.45) is 9.93. The summed E-state index contributed by atoms with van der Waals surface area (Å²) in [7, 11) is 1.63. The monoisotopic (exact) mass is 277 g/mol. The van der Waals surface area contributed by atoms with E-state index in [1.54, 1.807) is 13.3 Å². The lowest BCUT2D eigenvalue weighted by Gasteiger charge is -2.31. The molecule has 1 saturated carbocycles. The summed E-state index contributed by atoms with van der Waals surface area (Å²) >= 11 is 0. The Balaban J connectivity index is 1.93. The maximum absolute atomic E-state index is 10.6. The van der Waals surface area contributed by atoms with Gasteiger partial charge in [-0.3, -0.25) is 4.98 Å². The van der Waals surface area contributed by atoms with E-state index in [-0.39, 0.29) is 0 Å². The molecule has 0 bridgehead atoms. The van der Waals surface area contributed by atoms with E-state index in [0.29, 0.717) is 17.4 Å². The number of hydrogen-bond acceptors (Lipinski definition) is 3. The molecule has 1 fully saturated rings. The highest BCUT2D eigenvalue weighted by atomic mass is 16.5. The molecule has 0 radical (unpaired) electrons. The first-order valence-electron chi connectivity index (χ1n) is 7.93. The zero-order valence-corrected chi connectivity index (χ0v) is 12.7. The second kappa shape index (κ2) is 7.63. The summed E-state index contributed by atoms with van der Waals surface area (Å²) in [6.45, 7) is 2.25. The second-order valence-electron chi connectivity index (χ2n) is 5.96. The highest BCUT2D eigenvalue weighted by Gasteiger charge is 2.29. The standard InChI is InChI=1S/C17H27NO2/c1-3-4-6-13-8-10-14(11-9-13)17(19)16-15(20-2)7-5-12-18-16/h5,7,12-14,17,19H,3-4,6,8-11H2,1-2H3. The number of unbranched alkanes of at least 4 members (excludes halogenated alkanes) is 1. The number of aromatic nitrogens is 1. The lowest BCUT2D eigenvalue weighted by atomic mass is 9.77. The molecule has 3 nitrogen and oxygen atoms in total. The Labute approximate surface area is 122 Å². The smallest absolute Gasteiger partial charge is 0.143 e. The van der Waals surface area contributed by atoms with Gasteiger partial charge in [-0.25, -0.2) is 0 Å². The van der Waals surface area contributed by atoms with Gasteiger partial charge in [0.2, 0.25) is 0 Å². The summed E-state index contributed by atoms with van der Waals surface area (Å²) in [5.74, 6) is 1.90. The van der Waals surface area contributed by atoms with Crippen molar-refractivity contribution in [2.45, 2.75) is 58.0 Å². The molecule has 1 atom stereocenters. The predicted octanol–water partition coefficient (Wildman–Crippen LogP) is 4.12. The number of methoxy groups -OCH3 is 1. The van der Waals surface area contributed by atoms with Crippen LogP contribution in [0.4, 0.5) is 0 Å². The van der Waals surface area contributed by atoms with Crippen molar-refractivity contribution in [1.29, 1.82) is 0 Å². The minimum Gasteiger partial charge on any atom is -0.495 e. The quantitative estimate of drug-likeness (QED) is 0.850. The lowest BCUT2D eigenvalue weighted by molar-refractivity contribution is 0.0665. The minimum atomic E-state index is -0.488. The molecule has 1 aromatic heterocycles. The SMILES string of the molecule is CCCCC1CCC(C(O)c2ncccc2OC)CC1. The number of rotatable bonds is 6. The fourth-order valence-electron chi connectivity index (χ4n) is 3.31. The first-order chi connectivity index (χ1) is 9.76. The Morgan fingerprint density at radius 3 is 2.75 bits per heavy atom. The third-order valence-electron chi connectivity index (χ3n) is 4.60. The molecular weight excluding hydrogens is 250 g/mol. The molecule has 0 amide bonds. The Morgan fingerprint density at radius 1 is 1.35 bits per heavy atom. The third kappa shape index (κ3) is 3.72. The van der Waals surface area contributed by atoms with Gasteiger partial charge in [0.05, 0.1) is 7.11 Å². The number of pyridine rings is 1. The van der Waals surface area contributed by atoms with Gasteiger partial charge in [-0.1, -0.05) is 39.0 Å². The van der Waals surface area contributed by atoms with Crippen LogP contribution in [-0.2, 0) is 0 Å². The van der Waals surface area contributed by atoms with Crippen molar-refractivity contribution < 1.29 is 9.84 Å². The van der Waals surface area contributed by atoms with E-state index in [4.69, 9.17) is 4.74 Å². The molecular formula is C17H27NO2. The topological polar surface area (TPSA) is 42.4 Å². The van der Waals surface area contributed by atoms with Crippen LogP contribution in [0.2, 0.25) is 0 Å². The van der Waals surface area contributed by atoms with Gasteiger partial charge in [-0.15, -0.1) is 0 Å². The van der Waals surface area contributed by atoms with Crippen LogP contribution in [0.15, 0.2) is 18.3 Å². The largest absolute Gasteiger partial charge is 0.495 e. The molecule has 0 aromatic carbocycles. The Bertz CT molecular complexity index is 400.